The molecule has 4 fully saturated rings. The molecule has 0 amide bonds. The summed E-state index contributed by atoms with van der Waals surface area (Å²) in [6.07, 6.45) is 9.07. The lowest BCUT2D eigenvalue weighted by atomic mass is 9.48. The van der Waals surface area contributed by atoms with E-state index in [0.717, 1.165) is 17.8 Å². The SMILES string of the molecule is CC(C)[C@H]1CSC(NC(C)C23CC4CC(CC(C4)C2)C3)=N1. The third-order valence-electron chi connectivity index (χ3n) is 6.79. The lowest BCUT2D eigenvalue weighted by Gasteiger charge is -2.59. The maximum absolute atomic E-state index is 4.92. The van der Waals surface area contributed by atoms with E-state index in [-0.39, 0.29) is 0 Å². The maximum atomic E-state index is 4.92. The lowest BCUT2D eigenvalue weighted by molar-refractivity contribution is -0.0671. The number of amidine groups is 1. The van der Waals surface area contributed by atoms with Gasteiger partial charge >= 0.3 is 0 Å². The van der Waals surface area contributed by atoms with Crippen LogP contribution in [0.25, 0.3) is 0 Å². The largest absolute Gasteiger partial charge is 0.362 e. The van der Waals surface area contributed by atoms with Crippen LogP contribution in [0.15, 0.2) is 4.99 Å². The van der Waals surface area contributed by atoms with Gasteiger partial charge in [0.2, 0.25) is 0 Å². The Morgan fingerprint density at radius 3 is 2.10 bits per heavy atom. The van der Waals surface area contributed by atoms with Gasteiger partial charge in [-0.2, -0.15) is 0 Å². The Morgan fingerprint density at radius 2 is 1.62 bits per heavy atom. The van der Waals surface area contributed by atoms with Crippen LogP contribution in [0.1, 0.15) is 59.3 Å². The number of rotatable bonds is 3. The smallest absolute Gasteiger partial charge is 0.157 e. The first kappa shape index (κ1) is 14.4. The Kier molecular flexibility index (Phi) is 3.55. The number of aliphatic imine (C=N–C) groups is 1. The molecule has 0 aromatic carbocycles. The Bertz CT molecular complexity index is 407. The van der Waals surface area contributed by atoms with Crippen LogP contribution in [0.3, 0.4) is 0 Å². The molecule has 0 spiro atoms. The summed E-state index contributed by atoms with van der Waals surface area (Å²) >= 11 is 1.95. The first-order valence-corrected chi connectivity index (χ1v) is 10.00. The summed E-state index contributed by atoms with van der Waals surface area (Å²) in [6.45, 7) is 7.03. The molecule has 5 aliphatic rings. The molecule has 2 atom stereocenters. The quantitative estimate of drug-likeness (QED) is 0.840. The van der Waals surface area contributed by atoms with Crippen molar-refractivity contribution >= 4 is 16.9 Å². The topological polar surface area (TPSA) is 24.4 Å². The van der Waals surface area contributed by atoms with Crippen molar-refractivity contribution in [2.75, 3.05) is 5.75 Å². The van der Waals surface area contributed by atoms with E-state index in [4.69, 9.17) is 4.99 Å². The van der Waals surface area contributed by atoms with E-state index in [2.05, 4.69) is 26.1 Å². The molecule has 21 heavy (non-hydrogen) atoms. The van der Waals surface area contributed by atoms with Gasteiger partial charge in [-0.25, -0.2) is 0 Å². The summed E-state index contributed by atoms with van der Waals surface area (Å²) in [7, 11) is 0. The fraction of sp³-hybridized carbons (Fsp3) is 0.944. The number of hydrogen-bond acceptors (Lipinski definition) is 3. The van der Waals surface area contributed by atoms with Crippen molar-refractivity contribution in [3.05, 3.63) is 0 Å². The average Bonchev–Trinajstić information content (AvgIpc) is 2.85. The molecule has 0 aromatic rings. The van der Waals surface area contributed by atoms with Crippen LogP contribution in [0, 0.1) is 29.1 Å². The van der Waals surface area contributed by atoms with Crippen molar-refractivity contribution < 1.29 is 0 Å². The van der Waals surface area contributed by atoms with Gasteiger partial charge < -0.3 is 5.32 Å². The van der Waals surface area contributed by atoms with E-state index in [1.165, 1.54) is 49.4 Å². The maximum Gasteiger partial charge on any atom is 0.157 e. The fourth-order valence-electron chi connectivity index (χ4n) is 5.86. The van der Waals surface area contributed by atoms with E-state index < -0.39 is 0 Å². The van der Waals surface area contributed by atoms with Crippen LogP contribution in [-0.2, 0) is 0 Å². The van der Waals surface area contributed by atoms with E-state index in [1.807, 2.05) is 11.8 Å². The number of hydrogen-bond donors (Lipinski definition) is 1. The summed E-state index contributed by atoms with van der Waals surface area (Å²) in [5.74, 6) is 4.98. The molecular formula is C18H30N2S. The second-order valence-corrected chi connectivity index (χ2v) is 9.71. The highest BCUT2D eigenvalue weighted by Crippen LogP contribution is 2.61. The first-order chi connectivity index (χ1) is 10.0. The minimum absolute atomic E-state index is 0.529. The lowest BCUT2D eigenvalue weighted by Crippen LogP contribution is -2.55. The van der Waals surface area contributed by atoms with Gasteiger partial charge in [0.1, 0.15) is 0 Å². The molecule has 1 heterocycles. The molecule has 0 saturated heterocycles. The molecule has 1 N–H and O–H groups in total. The molecule has 2 nitrogen and oxygen atoms in total. The summed E-state index contributed by atoms with van der Waals surface area (Å²) < 4.78 is 0. The van der Waals surface area contributed by atoms with Crippen molar-refractivity contribution in [2.24, 2.45) is 34.1 Å². The second kappa shape index (κ2) is 5.18. The molecule has 1 unspecified atom stereocenters. The van der Waals surface area contributed by atoms with Gasteiger partial charge in [-0.1, -0.05) is 25.6 Å². The summed E-state index contributed by atoms with van der Waals surface area (Å²) in [6, 6.07) is 1.14. The monoisotopic (exact) mass is 306 g/mol. The molecule has 0 radical (unpaired) electrons. The molecule has 4 bridgehead atoms. The average molecular weight is 307 g/mol. The highest BCUT2D eigenvalue weighted by atomic mass is 32.2. The Labute approximate surface area is 133 Å². The molecule has 1 aliphatic heterocycles. The van der Waals surface area contributed by atoms with Gasteiger partial charge in [-0.05, 0) is 74.5 Å². The Hall–Kier alpha value is -0.180. The van der Waals surface area contributed by atoms with Crippen LogP contribution in [0.2, 0.25) is 0 Å². The second-order valence-electron chi connectivity index (χ2n) is 8.70. The number of nitrogens with one attached hydrogen (secondary N) is 1. The molecule has 3 heteroatoms. The van der Waals surface area contributed by atoms with Gasteiger partial charge in [-0.3, -0.25) is 4.99 Å². The third kappa shape index (κ3) is 2.54. The van der Waals surface area contributed by atoms with Crippen molar-refractivity contribution in [3.8, 4) is 0 Å². The molecule has 4 saturated carbocycles. The van der Waals surface area contributed by atoms with Crippen molar-refractivity contribution in [1.82, 2.24) is 5.32 Å². The molecule has 4 aliphatic carbocycles. The highest BCUT2D eigenvalue weighted by Gasteiger charge is 2.53. The summed E-state index contributed by atoms with van der Waals surface area (Å²) in [5, 5.41) is 5.07. The number of nitrogens with zero attached hydrogens (tertiary/aromatic N) is 1. The number of thioether (sulfide) groups is 1. The summed E-state index contributed by atoms with van der Waals surface area (Å²) in [4.78, 5) is 4.92. The predicted molar refractivity (Wildman–Crippen MR) is 91.7 cm³/mol. The van der Waals surface area contributed by atoms with Gasteiger partial charge in [0.15, 0.2) is 5.17 Å². The Morgan fingerprint density at radius 1 is 1.05 bits per heavy atom. The zero-order chi connectivity index (χ0) is 14.6. The van der Waals surface area contributed by atoms with Crippen LogP contribution in [0.5, 0.6) is 0 Å². The summed E-state index contributed by atoms with van der Waals surface area (Å²) in [5.41, 5.74) is 0.591. The van der Waals surface area contributed by atoms with Crippen LogP contribution >= 0.6 is 11.8 Å². The molecule has 5 rings (SSSR count). The van der Waals surface area contributed by atoms with Gasteiger partial charge in [0.05, 0.1) is 6.04 Å². The predicted octanol–water partition coefficient (Wildman–Crippen LogP) is 4.31. The van der Waals surface area contributed by atoms with E-state index in [9.17, 15) is 0 Å². The third-order valence-corrected chi connectivity index (χ3v) is 7.79. The zero-order valence-corrected chi connectivity index (χ0v) is 14.6. The normalized spacial score (nSPS) is 46.0. The van der Waals surface area contributed by atoms with Crippen LogP contribution in [-0.4, -0.2) is 23.0 Å². The fourth-order valence-corrected chi connectivity index (χ4v) is 7.11. The molecular weight excluding hydrogens is 276 g/mol. The Balaban J connectivity index is 1.46. The minimum atomic E-state index is 0.529. The van der Waals surface area contributed by atoms with Gasteiger partial charge in [-0.15, -0.1) is 0 Å². The van der Waals surface area contributed by atoms with E-state index in [1.54, 1.807) is 0 Å². The highest BCUT2D eigenvalue weighted by molar-refractivity contribution is 8.14. The van der Waals surface area contributed by atoms with E-state index >= 15 is 0 Å². The van der Waals surface area contributed by atoms with E-state index in [0.29, 0.717) is 23.4 Å². The minimum Gasteiger partial charge on any atom is -0.362 e. The zero-order valence-electron chi connectivity index (χ0n) is 13.8. The van der Waals surface area contributed by atoms with Gasteiger partial charge in [0.25, 0.3) is 0 Å². The molecule has 118 valence electrons. The van der Waals surface area contributed by atoms with Crippen molar-refractivity contribution in [1.29, 1.82) is 0 Å². The van der Waals surface area contributed by atoms with Crippen LogP contribution < -0.4 is 5.32 Å². The van der Waals surface area contributed by atoms with Crippen molar-refractivity contribution in [3.63, 3.8) is 0 Å². The van der Waals surface area contributed by atoms with Crippen LogP contribution in [0.4, 0.5) is 0 Å². The van der Waals surface area contributed by atoms with Gasteiger partial charge in [0, 0.05) is 11.8 Å². The van der Waals surface area contributed by atoms with Crippen molar-refractivity contribution in [2.45, 2.75) is 71.4 Å². The standard InChI is InChI=1S/C18H30N2S/c1-11(2)16-10-21-17(20-16)19-12(3)18-7-13-4-14(8-18)6-15(5-13)9-18/h11-16H,4-10H2,1-3H3,(H,19,20)/t12?,13?,14?,15?,16-,18?/m1/s1. The molecule has 0 aromatic heterocycles. The first-order valence-electron chi connectivity index (χ1n) is 9.01.